The number of methoxy groups -OCH3 is 1. The second kappa shape index (κ2) is 5.75. The van der Waals surface area contributed by atoms with E-state index in [4.69, 9.17) is 4.74 Å². The number of aromatic hydroxyl groups is 1. The van der Waals surface area contributed by atoms with Gasteiger partial charge in [-0.2, -0.15) is 5.10 Å². The molecule has 120 valence electrons. The first-order chi connectivity index (χ1) is 11.0. The van der Waals surface area contributed by atoms with Gasteiger partial charge in [0.25, 0.3) is 5.91 Å². The van der Waals surface area contributed by atoms with Crippen molar-refractivity contribution in [2.75, 3.05) is 13.7 Å². The fourth-order valence-electron chi connectivity index (χ4n) is 2.83. The van der Waals surface area contributed by atoms with Crippen LogP contribution in [0.4, 0.5) is 0 Å². The van der Waals surface area contributed by atoms with Crippen molar-refractivity contribution < 1.29 is 19.4 Å². The Morgan fingerprint density at radius 3 is 2.83 bits per heavy atom. The van der Waals surface area contributed by atoms with E-state index in [1.54, 1.807) is 28.8 Å². The molecule has 1 amide bonds. The minimum atomic E-state index is -0.463. The number of nitrogens with zero attached hydrogens (tertiary/aromatic N) is 3. The molecule has 1 aliphatic rings. The van der Waals surface area contributed by atoms with Gasteiger partial charge in [-0.25, -0.2) is 4.79 Å². The van der Waals surface area contributed by atoms with Crippen LogP contribution in [0.2, 0.25) is 0 Å². The average molecular weight is 315 g/mol. The lowest BCUT2D eigenvalue weighted by atomic mass is 10.0. The monoisotopic (exact) mass is 315 g/mol. The number of carbonyl (C=O) groups excluding carboxylic acids is 2. The van der Waals surface area contributed by atoms with Crippen molar-refractivity contribution >= 4 is 11.9 Å². The van der Waals surface area contributed by atoms with Gasteiger partial charge in [-0.15, -0.1) is 0 Å². The van der Waals surface area contributed by atoms with Crippen LogP contribution in [-0.4, -0.2) is 45.3 Å². The molecule has 1 N–H and O–H groups in total. The first kappa shape index (κ1) is 15.1. The standard InChI is InChI=1S/C16H17N3O4/c1-18-13-9-19(15(21)10-4-3-5-11(20)8-10)7-6-12(13)14(17-18)16(22)23-2/h3-5,8,20H,6-7,9H2,1-2H3. The molecule has 0 saturated heterocycles. The molecule has 0 spiro atoms. The molecule has 2 aromatic rings. The number of aryl methyl sites for hydroxylation is 1. The number of hydrogen-bond acceptors (Lipinski definition) is 5. The van der Waals surface area contributed by atoms with Crippen LogP contribution in [0.3, 0.4) is 0 Å². The number of fused-ring (bicyclic) bond motifs is 1. The van der Waals surface area contributed by atoms with Crippen LogP contribution in [0.1, 0.15) is 32.1 Å². The fourth-order valence-corrected chi connectivity index (χ4v) is 2.83. The number of aromatic nitrogens is 2. The normalized spacial score (nSPS) is 13.6. The van der Waals surface area contributed by atoms with Crippen molar-refractivity contribution in [3.05, 3.63) is 46.8 Å². The number of carbonyl (C=O) groups is 2. The van der Waals surface area contributed by atoms with Gasteiger partial charge in [-0.05, 0) is 24.6 Å². The zero-order chi connectivity index (χ0) is 16.6. The van der Waals surface area contributed by atoms with E-state index in [2.05, 4.69) is 5.10 Å². The minimum absolute atomic E-state index is 0.0575. The maximum atomic E-state index is 12.6. The first-order valence-corrected chi connectivity index (χ1v) is 7.22. The summed E-state index contributed by atoms with van der Waals surface area (Å²) in [4.78, 5) is 26.0. The Bertz CT molecular complexity index is 782. The fraction of sp³-hybridized carbons (Fsp3) is 0.312. The predicted octanol–water partition coefficient (Wildman–Crippen LogP) is 1.11. The van der Waals surface area contributed by atoms with Crippen molar-refractivity contribution in [2.24, 2.45) is 7.05 Å². The predicted molar refractivity (Wildman–Crippen MR) is 81.1 cm³/mol. The van der Waals surface area contributed by atoms with E-state index in [1.807, 2.05) is 0 Å². The SMILES string of the molecule is COC(=O)c1nn(C)c2c1CCN(C(=O)c1cccc(O)c1)C2. The Kier molecular flexibility index (Phi) is 3.77. The van der Waals surface area contributed by atoms with E-state index >= 15 is 0 Å². The van der Waals surface area contributed by atoms with Gasteiger partial charge in [0.2, 0.25) is 0 Å². The number of amides is 1. The Hall–Kier alpha value is -2.83. The molecule has 0 aliphatic carbocycles. The smallest absolute Gasteiger partial charge is 0.358 e. The van der Waals surface area contributed by atoms with Gasteiger partial charge in [0, 0.05) is 24.7 Å². The first-order valence-electron chi connectivity index (χ1n) is 7.22. The largest absolute Gasteiger partial charge is 0.508 e. The topological polar surface area (TPSA) is 84.7 Å². The number of phenols is 1. The minimum Gasteiger partial charge on any atom is -0.508 e. The van der Waals surface area contributed by atoms with Crippen LogP contribution >= 0.6 is 0 Å². The van der Waals surface area contributed by atoms with Crippen LogP contribution in [-0.2, 0) is 24.8 Å². The molecule has 0 radical (unpaired) electrons. The average Bonchev–Trinajstić information content (AvgIpc) is 2.90. The van der Waals surface area contributed by atoms with E-state index in [0.717, 1.165) is 11.3 Å². The summed E-state index contributed by atoms with van der Waals surface area (Å²) in [5.41, 5.74) is 2.41. The van der Waals surface area contributed by atoms with Crippen LogP contribution < -0.4 is 0 Å². The number of benzene rings is 1. The van der Waals surface area contributed by atoms with Crippen molar-refractivity contribution in [3.63, 3.8) is 0 Å². The lowest BCUT2D eigenvalue weighted by Gasteiger charge is -2.27. The van der Waals surface area contributed by atoms with Crippen molar-refractivity contribution in [3.8, 4) is 5.75 Å². The number of hydrogen-bond donors (Lipinski definition) is 1. The van der Waals surface area contributed by atoms with Gasteiger partial charge in [-0.1, -0.05) is 6.07 Å². The van der Waals surface area contributed by atoms with Crippen molar-refractivity contribution in [1.82, 2.24) is 14.7 Å². The summed E-state index contributed by atoms with van der Waals surface area (Å²) in [6.45, 7) is 0.849. The number of phenolic OH excluding ortho intramolecular Hbond substituents is 1. The highest BCUT2D eigenvalue weighted by Gasteiger charge is 2.29. The van der Waals surface area contributed by atoms with E-state index in [1.165, 1.54) is 19.2 Å². The molecule has 23 heavy (non-hydrogen) atoms. The van der Waals surface area contributed by atoms with Gasteiger partial charge in [-0.3, -0.25) is 9.48 Å². The summed E-state index contributed by atoms with van der Waals surface area (Å²) in [5.74, 6) is -0.566. The number of ether oxygens (including phenoxy) is 1. The molecule has 0 atom stereocenters. The van der Waals surface area contributed by atoms with E-state index in [-0.39, 0.29) is 11.7 Å². The molecular weight excluding hydrogens is 298 g/mol. The lowest BCUT2D eigenvalue weighted by molar-refractivity contribution is 0.0591. The highest BCUT2D eigenvalue weighted by molar-refractivity contribution is 5.95. The summed E-state index contributed by atoms with van der Waals surface area (Å²) >= 11 is 0. The summed E-state index contributed by atoms with van der Waals surface area (Å²) in [5, 5.41) is 13.7. The summed E-state index contributed by atoms with van der Waals surface area (Å²) in [6, 6.07) is 6.27. The zero-order valence-electron chi connectivity index (χ0n) is 12.9. The number of rotatable bonds is 2. The van der Waals surface area contributed by atoms with Gasteiger partial charge in [0.1, 0.15) is 5.75 Å². The van der Waals surface area contributed by atoms with Gasteiger partial charge < -0.3 is 14.7 Å². The van der Waals surface area contributed by atoms with E-state index < -0.39 is 5.97 Å². The Morgan fingerprint density at radius 1 is 1.35 bits per heavy atom. The molecule has 0 bridgehead atoms. The maximum absolute atomic E-state index is 12.6. The zero-order valence-corrected chi connectivity index (χ0v) is 12.9. The molecule has 0 saturated carbocycles. The van der Waals surface area contributed by atoms with Crippen molar-refractivity contribution in [2.45, 2.75) is 13.0 Å². The molecule has 1 aromatic heterocycles. The van der Waals surface area contributed by atoms with Gasteiger partial charge >= 0.3 is 5.97 Å². The molecule has 3 rings (SSSR count). The maximum Gasteiger partial charge on any atom is 0.358 e. The molecule has 1 aromatic carbocycles. The molecule has 7 nitrogen and oxygen atoms in total. The highest BCUT2D eigenvalue weighted by Crippen LogP contribution is 2.24. The quantitative estimate of drug-likeness (QED) is 0.839. The van der Waals surface area contributed by atoms with E-state index in [0.29, 0.717) is 30.8 Å². The Labute approximate surface area is 133 Å². The van der Waals surface area contributed by atoms with Gasteiger partial charge in [0.05, 0.1) is 19.3 Å². The van der Waals surface area contributed by atoms with Crippen LogP contribution in [0.25, 0.3) is 0 Å². The van der Waals surface area contributed by atoms with Crippen LogP contribution in [0.15, 0.2) is 24.3 Å². The van der Waals surface area contributed by atoms with E-state index in [9.17, 15) is 14.7 Å². The molecule has 0 fully saturated rings. The third kappa shape index (κ3) is 2.65. The molecule has 1 aliphatic heterocycles. The molecular formula is C16H17N3O4. The third-order valence-electron chi connectivity index (χ3n) is 4.01. The molecule has 0 unspecified atom stereocenters. The molecule has 2 heterocycles. The summed E-state index contributed by atoms with van der Waals surface area (Å²) in [7, 11) is 3.07. The summed E-state index contributed by atoms with van der Waals surface area (Å²) in [6.07, 6.45) is 0.540. The van der Waals surface area contributed by atoms with Crippen molar-refractivity contribution in [1.29, 1.82) is 0 Å². The van der Waals surface area contributed by atoms with Crippen LogP contribution in [0, 0.1) is 0 Å². The Morgan fingerprint density at radius 2 is 2.13 bits per heavy atom. The number of esters is 1. The van der Waals surface area contributed by atoms with Crippen LogP contribution in [0.5, 0.6) is 5.75 Å². The second-order valence-electron chi connectivity index (χ2n) is 5.42. The Balaban J connectivity index is 1.87. The van der Waals surface area contributed by atoms with Gasteiger partial charge in [0.15, 0.2) is 5.69 Å². The molecule has 7 heteroatoms. The highest BCUT2D eigenvalue weighted by atomic mass is 16.5. The lowest BCUT2D eigenvalue weighted by Crippen LogP contribution is -2.36. The summed E-state index contributed by atoms with van der Waals surface area (Å²) < 4.78 is 6.36. The third-order valence-corrected chi connectivity index (χ3v) is 4.01. The second-order valence-corrected chi connectivity index (χ2v) is 5.42.